The van der Waals surface area contributed by atoms with Crippen LogP contribution in [0.4, 0.5) is 0 Å². The molecule has 2 fully saturated rings. The number of ketones is 1. The molecule has 1 heterocycles. The molecule has 53 heavy (non-hydrogen) atoms. The van der Waals surface area contributed by atoms with Crippen LogP contribution in [0, 0.1) is 5.92 Å². The quantitative estimate of drug-likeness (QED) is 0.0862. The Morgan fingerprint density at radius 3 is 2.40 bits per heavy atom. The van der Waals surface area contributed by atoms with Gasteiger partial charge in [-0.2, -0.15) is 0 Å². The van der Waals surface area contributed by atoms with Crippen LogP contribution in [0.25, 0.3) is 11.1 Å². The molecule has 4 atom stereocenters. The Hall–Kier alpha value is -2.65. The zero-order valence-corrected chi connectivity index (χ0v) is 32.2. The first-order valence-corrected chi connectivity index (χ1v) is 20.4. The van der Waals surface area contributed by atoms with E-state index < -0.39 is 47.5 Å². The van der Waals surface area contributed by atoms with Crippen molar-refractivity contribution in [2.45, 2.75) is 105 Å². The van der Waals surface area contributed by atoms with Gasteiger partial charge in [0.2, 0.25) is 10.0 Å². The van der Waals surface area contributed by atoms with Gasteiger partial charge in [-0.25, -0.2) is 12.7 Å². The monoisotopic (exact) mass is 792 g/mol. The second kappa shape index (κ2) is 18.3. The minimum absolute atomic E-state index is 0.0172. The summed E-state index contributed by atoms with van der Waals surface area (Å²) < 4.78 is 34.9. The summed E-state index contributed by atoms with van der Waals surface area (Å²) in [7, 11) is -2.48. The number of carbonyl (C=O) groups excluding carboxylic acids is 1. The number of unbranched alkanes of at least 4 members (excludes halogenated alkanes) is 2. The number of Topliss-reactive ketones (excluding diaryl/α,β-unsaturated/α-hetero) is 1. The van der Waals surface area contributed by atoms with E-state index in [0.717, 1.165) is 54.5 Å². The molecule has 14 heteroatoms. The first-order chi connectivity index (χ1) is 25.3. The summed E-state index contributed by atoms with van der Waals surface area (Å²) in [5.41, 5.74) is 3.85. The van der Waals surface area contributed by atoms with Gasteiger partial charge in [0.05, 0.1) is 23.8 Å². The topological polar surface area (TPSA) is 178 Å². The molecule has 0 radical (unpaired) electrons. The molecule has 3 aromatic rings. The van der Waals surface area contributed by atoms with Crippen LogP contribution >= 0.6 is 23.2 Å². The molecule has 2 aromatic carbocycles. The van der Waals surface area contributed by atoms with Crippen molar-refractivity contribution in [3.05, 3.63) is 76.0 Å². The van der Waals surface area contributed by atoms with Crippen molar-refractivity contribution in [1.29, 1.82) is 0 Å². The van der Waals surface area contributed by atoms with Gasteiger partial charge in [-0.05, 0) is 97.7 Å². The number of aliphatic hydroxyl groups excluding tert-OH is 5. The van der Waals surface area contributed by atoms with E-state index in [-0.39, 0.29) is 46.6 Å². The molecule has 2 aliphatic carbocycles. The maximum absolute atomic E-state index is 13.7. The molecule has 0 bridgehead atoms. The van der Waals surface area contributed by atoms with E-state index in [2.05, 4.69) is 11.1 Å². The van der Waals surface area contributed by atoms with Crippen LogP contribution in [0.1, 0.15) is 75.3 Å². The number of aliphatic hydroxyl groups is 5. The fourth-order valence-corrected chi connectivity index (χ4v) is 8.84. The van der Waals surface area contributed by atoms with Gasteiger partial charge in [0.15, 0.2) is 0 Å². The zero-order chi connectivity index (χ0) is 38.3. The number of benzene rings is 2. The third kappa shape index (κ3) is 10.4. The molecular formula is C39H50Cl2N2O9S. The molecule has 0 unspecified atom stereocenters. The van der Waals surface area contributed by atoms with Crippen LogP contribution < -0.4 is 4.74 Å². The third-order valence-electron chi connectivity index (χ3n) is 10.5. The maximum atomic E-state index is 13.7. The van der Waals surface area contributed by atoms with Crippen molar-refractivity contribution < 1.29 is 43.5 Å². The minimum Gasteiger partial charge on any atom is -0.490 e. The van der Waals surface area contributed by atoms with Crippen molar-refractivity contribution in [2.24, 2.45) is 5.92 Å². The summed E-state index contributed by atoms with van der Waals surface area (Å²) in [6.45, 7) is -1.18. The van der Waals surface area contributed by atoms with Crippen LogP contribution in [0.3, 0.4) is 0 Å². The number of nitrogens with zero attached hydrogens (tertiary/aromatic N) is 2. The fourth-order valence-electron chi connectivity index (χ4n) is 6.77. The summed E-state index contributed by atoms with van der Waals surface area (Å²) in [4.78, 5) is 17.0. The zero-order valence-electron chi connectivity index (χ0n) is 29.9. The molecule has 0 saturated heterocycles. The van der Waals surface area contributed by atoms with E-state index in [4.69, 9.17) is 33.0 Å². The van der Waals surface area contributed by atoms with Crippen LogP contribution in [0.15, 0.2) is 59.8 Å². The fraction of sp³-hybridized carbons (Fsp3) is 0.538. The van der Waals surface area contributed by atoms with Gasteiger partial charge < -0.3 is 30.3 Å². The van der Waals surface area contributed by atoms with E-state index in [1.165, 1.54) is 17.4 Å². The minimum atomic E-state index is -3.97. The van der Waals surface area contributed by atoms with Gasteiger partial charge in [0, 0.05) is 61.9 Å². The lowest BCUT2D eigenvalue weighted by Crippen LogP contribution is -2.45. The Bertz CT molecular complexity index is 1820. The Balaban J connectivity index is 1.17. The second-order valence-electron chi connectivity index (χ2n) is 14.4. The lowest BCUT2D eigenvalue weighted by molar-refractivity contribution is -0.127. The molecule has 2 aliphatic rings. The molecule has 11 nitrogen and oxygen atoms in total. The standard InChI is InChI=1S/C39H50Cl2N2O9S/c1-43(18-6-2-3-7-27(46)19-26(23-44)37(48)38(49)34(47)24-45)53(50,51)36-20-25(32(40)21-33(36)41)12-14-39(15-16-39)31-22-42-17-13-29(31)30-8-4-5-9-35(30)52-28-10-11-28/h4-5,8-9,13,17,20-22,26,28,34,37-38,44-45,47-49H,2-3,6-7,10-12,14-16,18-19,23-24H2,1H3/t26-,34+,37+,38+/m0/s1. The van der Waals surface area contributed by atoms with Gasteiger partial charge in [-0.1, -0.05) is 47.8 Å². The van der Waals surface area contributed by atoms with Crippen molar-refractivity contribution in [2.75, 3.05) is 26.8 Å². The highest BCUT2D eigenvalue weighted by molar-refractivity contribution is 7.89. The third-order valence-corrected chi connectivity index (χ3v) is 13.1. The largest absolute Gasteiger partial charge is 0.490 e. The molecule has 5 N–H and O–H groups in total. The number of aromatic nitrogens is 1. The number of carbonyl (C=O) groups is 1. The normalized spacial score (nSPS) is 17.7. The number of pyridine rings is 1. The molecule has 0 spiro atoms. The summed E-state index contributed by atoms with van der Waals surface area (Å²) in [5, 5.41) is 48.7. The highest BCUT2D eigenvalue weighted by atomic mass is 35.5. The maximum Gasteiger partial charge on any atom is 0.244 e. The molecule has 2 saturated carbocycles. The predicted molar refractivity (Wildman–Crippen MR) is 203 cm³/mol. The number of hydrogen-bond acceptors (Lipinski definition) is 10. The van der Waals surface area contributed by atoms with Gasteiger partial charge >= 0.3 is 0 Å². The molecule has 290 valence electrons. The van der Waals surface area contributed by atoms with Crippen LogP contribution in [0.5, 0.6) is 5.75 Å². The SMILES string of the molecule is CN(CCCCCC(=O)C[C@@H](CO)[C@@H](O)[C@H](O)[C@H](O)CO)S(=O)(=O)c1cc(CCC2(c3cnccc3-c3ccccc3OC3CC3)CC2)c(Cl)cc1Cl. The summed E-state index contributed by atoms with van der Waals surface area (Å²) in [5.74, 6) is -0.385. The first kappa shape index (κ1) is 41.5. The Labute approximate surface area is 321 Å². The van der Waals surface area contributed by atoms with E-state index in [1.54, 1.807) is 12.3 Å². The van der Waals surface area contributed by atoms with E-state index in [9.17, 15) is 33.6 Å². The Morgan fingerprint density at radius 1 is 0.981 bits per heavy atom. The van der Waals surface area contributed by atoms with Crippen molar-refractivity contribution in [1.82, 2.24) is 9.29 Å². The van der Waals surface area contributed by atoms with Crippen molar-refractivity contribution in [3.63, 3.8) is 0 Å². The molecule has 0 aliphatic heterocycles. The van der Waals surface area contributed by atoms with Gasteiger partial charge in [-0.15, -0.1) is 0 Å². The molecular weight excluding hydrogens is 743 g/mol. The van der Waals surface area contributed by atoms with Crippen molar-refractivity contribution in [3.8, 4) is 16.9 Å². The van der Waals surface area contributed by atoms with Crippen LogP contribution in [-0.2, 0) is 26.7 Å². The summed E-state index contributed by atoms with van der Waals surface area (Å²) in [6.07, 6.45) is 5.86. The lowest BCUT2D eigenvalue weighted by Gasteiger charge is -2.27. The average molecular weight is 794 g/mol. The van der Waals surface area contributed by atoms with Gasteiger partial charge in [0.25, 0.3) is 0 Å². The predicted octanol–water partition coefficient (Wildman–Crippen LogP) is 5.08. The number of halogens is 2. The Kier molecular flexibility index (Phi) is 14.4. The summed E-state index contributed by atoms with van der Waals surface area (Å²) >= 11 is 13.1. The second-order valence-corrected chi connectivity index (χ2v) is 17.3. The Morgan fingerprint density at radius 2 is 1.72 bits per heavy atom. The molecule has 0 amide bonds. The van der Waals surface area contributed by atoms with Crippen LogP contribution in [-0.4, -0.2) is 100 Å². The highest BCUT2D eigenvalue weighted by Gasteiger charge is 2.45. The van der Waals surface area contributed by atoms with Crippen molar-refractivity contribution >= 4 is 39.0 Å². The van der Waals surface area contributed by atoms with Crippen LogP contribution in [0.2, 0.25) is 10.0 Å². The molecule has 5 rings (SSSR count). The van der Waals surface area contributed by atoms with Gasteiger partial charge in [0.1, 0.15) is 28.6 Å². The van der Waals surface area contributed by atoms with Gasteiger partial charge in [-0.3, -0.25) is 9.78 Å². The number of sulfonamides is 1. The lowest BCUT2D eigenvalue weighted by atomic mass is 9.85. The number of hydrogen-bond donors (Lipinski definition) is 5. The number of para-hydroxylation sites is 1. The molecule has 1 aromatic heterocycles. The van der Waals surface area contributed by atoms with E-state index in [1.807, 2.05) is 30.5 Å². The number of ether oxygens (including phenoxy) is 1. The number of rotatable bonds is 22. The smallest absolute Gasteiger partial charge is 0.244 e. The first-order valence-electron chi connectivity index (χ1n) is 18.2. The number of aryl methyl sites for hydroxylation is 1. The average Bonchev–Trinajstić information content (AvgIpc) is 4.10. The highest BCUT2D eigenvalue weighted by Crippen LogP contribution is 2.55. The summed E-state index contributed by atoms with van der Waals surface area (Å²) in [6, 6.07) is 13.2. The van der Waals surface area contributed by atoms with E-state index in [0.29, 0.717) is 36.3 Å². The van der Waals surface area contributed by atoms with E-state index >= 15 is 0 Å².